The van der Waals surface area contributed by atoms with E-state index < -0.39 is 0 Å². The van der Waals surface area contributed by atoms with Crippen LogP contribution in [0.5, 0.6) is 0 Å². The number of rotatable bonds is 4. The van der Waals surface area contributed by atoms with Crippen LogP contribution in [0.15, 0.2) is 18.2 Å². The molecule has 2 rings (SSSR count). The zero-order valence-electron chi connectivity index (χ0n) is 9.48. The van der Waals surface area contributed by atoms with Gasteiger partial charge in [-0.25, -0.2) is 0 Å². The molecule has 4 N–H and O–H groups in total. The van der Waals surface area contributed by atoms with E-state index in [1.54, 1.807) is 18.2 Å². The fourth-order valence-corrected chi connectivity index (χ4v) is 1.98. The number of nitrogens with zero attached hydrogens (tertiary/aromatic N) is 1. The molecule has 2 amide bonds. The van der Waals surface area contributed by atoms with Crippen LogP contribution in [0.3, 0.4) is 0 Å². The second-order valence-corrected chi connectivity index (χ2v) is 4.03. The first-order chi connectivity index (χ1) is 8.16. The molecule has 17 heavy (non-hydrogen) atoms. The molecule has 0 fully saturated rings. The third-order valence-electron chi connectivity index (χ3n) is 2.87. The van der Waals surface area contributed by atoms with Gasteiger partial charge in [-0.3, -0.25) is 14.5 Å². The molecular formula is C12H15N3O2. The van der Waals surface area contributed by atoms with Gasteiger partial charge in [-0.1, -0.05) is 6.07 Å². The molecule has 1 aliphatic rings. The van der Waals surface area contributed by atoms with E-state index in [2.05, 4.69) is 0 Å². The van der Waals surface area contributed by atoms with Gasteiger partial charge in [0.2, 0.25) is 0 Å². The highest BCUT2D eigenvalue weighted by Crippen LogP contribution is 2.27. The van der Waals surface area contributed by atoms with Crippen molar-refractivity contribution < 1.29 is 9.59 Å². The number of unbranched alkanes of at least 4 members (excludes halogenated alkanes) is 1. The largest absolute Gasteiger partial charge is 0.398 e. The number of amides is 2. The summed E-state index contributed by atoms with van der Waals surface area (Å²) in [6, 6.07) is 4.95. The molecule has 1 aliphatic heterocycles. The molecule has 5 nitrogen and oxygen atoms in total. The van der Waals surface area contributed by atoms with Crippen LogP contribution in [0.4, 0.5) is 5.69 Å². The molecule has 5 heteroatoms. The first-order valence-corrected chi connectivity index (χ1v) is 5.61. The van der Waals surface area contributed by atoms with Crippen molar-refractivity contribution in [1.29, 1.82) is 0 Å². The topological polar surface area (TPSA) is 89.4 Å². The molecule has 0 unspecified atom stereocenters. The second kappa shape index (κ2) is 4.55. The standard InChI is InChI=1S/C12H15N3O2/c13-6-1-2-7-15-11(16)8-4-3-5-9(14)10(8)12(15)17/h3-5H,1-2,6-7,13-14H2. The number of carbonyl (C=O) groups is 2. The van der Waals surface area contributed by atoms with Crippen molar-refractivity contribution in [1.82, 2.24) is 4.90 Å². The molecule has 1 aromatic carbocycles. The van der Waals surface area contributed by atoms with Crippen LogP contribution in [-0.2, 0) is 0 Å². The highest BCUT2D eigenvalue weighted by atomic mass is 16.2. The summed E-state index contributed by atoms with van der Waals surface area (Å²) in [6.45, 7) is 0.967. The van der Waals surface area contributed by atoms with Crippen LogP contribution < -0.4 is 11.5 Å². The van der Waals surface area contributed by atoms with Crippen LogP contribution in [0.2, 0.25) is 0 Å². The van der Waals surface area contributed by atoms with E-state index in [0.717, 1.165) is 12.8 Å². The van der Waals surface area contributed by atoms with E-state index in [1.165, 1.54) is 4.90 Å². The minimum atomic E-state index is -0.292. The predicted molar refractivity (Wildman–Crippen MR) is 64.5 cm³/mol. The van der Waals surface area contributed by atoms with Gasteiger partial charge in [-0.2, -0.15) is 0 Å². The van der Waals surface area contributed by atoms with Gasteiger partial charge in [0.1, 0.15) is 0 Å². The number of nitrogens with two attached hydrogens (primary N) is 2. The monoisotopic (exact) mass is 233 g/mol. The van der Waals surface area contributed by atoms with E-state index in [-0.39, 0.29) is 11.8 Å². The van der Waals surface area contributed by atoms with E-state index >= 15 is 0 Å². The predicted octanol–water partition coefficient (Wildman–Crippen LogP) is 0.604. The third-order valence-corrected chi connectivity index (χ3v) is 2.87. The highest BCUT2D eigenvalue weighted by Gasteiger charge is 2.36. The van der Waals surface area contributed by atoms with Gasteiger partial charge in [0.05, 0.1) is 11.1 Å². The first kappa shape index (κ1) is 11.6. The molecule has 0 saturated carbocycles. The number of anilines is 1. The molecule has 0 aliphatic carbocycles. The van der Waals surface area contributed by atoms with E-state index in [0.29, 0.717) is 29.9 Å². The summed E-state index contributed by atoms with van der Waals surface area (Å²) >= 11 is 0. The Morgan fingerprint density at radius 2 is 1.88 bits per heavy atom. The fraction of sp³-hybridized carbons (Fsp3) is 0.333. The van der Waals surface area contributed by atoms with Crippen molar-refractivity contribution in [3.63, 3.8) is 0 Å². The van der Waals surface area contributed by atoms with E-state index in [9.17, 15) is 9.59 Å². The number of nitrogen functional groups attached to an aromatic ring is 1. The van der Waals surface area contributed by atoms with Crippen molar-refractivity contribution in [2.24, 2.45) is 5.73 Å². The SMILES string of the molecule is NCCCCN1C(=O)c2cccc(N)c2C1=O. The average Bonchev–Trinajstić information content (AvgIpc) is 2.55. The van der Waals surface area contributed by atoms with Crippen molar-refractivity contribution in [2.75, 3.05) is 18.8 Å². The molecule has 1 aromatic rings. The Kier molecular flexibility index (Phi) is 3.10. The van der Waals surface area contributed by atoms with Gasteiger partial charge >= 0.3 is 0 Å². The summed E-state index contributed by atoms with van der Waals surface area (Å²) in [5.74, 6) is -0.547. The maximum atomic E-state index is 12.0. The second-order valence-electron chi connectivity index (χ2n) is 4.03. The maximum Gasteiger partial charge on any atom is 0.263 e. The summed E-state index contributed by atoms with van der Waals surface area (Å²) in [7, 11) is 0. The summed E-state index contributed by atoms with van der Waals surface area (Å²) in [5, 5.41) is 0. The number of carbonyl (C=O) groups excluding carboxylic acids is 2. The molecule has 1 heterocycles. The van der Waals surface area contributed by atoms with Crippen LogP contribution >= 0.6 is 0 Å². The third kappa shape index (κ3) is 1.89. The lowest BCUT2D eigenvalue weighted by molar-refractivity contribution is 0.0652. The quantitative estimate of drug-likeness (QED) is 0.453. The molecular weight excluding hydrogens is 218 g/mol. The summed E-state index contributed by atoms with van der Waals surface area (Å²) in [6.07, 6.45) is 1.52. The molecule has 0 atom stereocenters. The molecule has 0 aromatic heterocycles. The normalized spacial score (nSPS) is 14.3. The summed E-state index contributed by atoms with van der Waals surface area (Å²) in [4.78, 5) is 25.2. The minimum absolute atomic E-state index is 0.255. The number of hydrogen-bond donors (Lipinski definition) is 2. The van der Waals surface area contributed by atoms with Gasteiger partial charge < -0.3 is 11.5 Å². The Labute approximate surface area is 99.4 Å². The highest BCUT2D eigenvalue weighted by molar-refractivity contribution is 6.23. The van der Waals surface area contributed by atoms with Gasteiger partial charge in [-0.05, 0) is 31.5 Å². The lowest BCUT2D eigenvalue weighted by Gasteiger charge is -2.12. The van der Waals surface area contributed by atoms with Gasteiger partial charge in [0.25, 0.3) is 11.8 Å². The van der Waals surface area contributed by atoms with E-state index in [1.807, 2.05) is 0 Å². The molecule has 90 valence electrons. The average molecular weight is 233 g/mol. The lowest BCUT2D eigenvalue weighted by atomic mass is 10.1. The van der Waals surface area contributed by atoms with Crippen molar-refractivity contribution >= 4 is 17.5 Å². The summed E-state index contributed by atoms with van der Waals surface area (Å²) < 4.78 is 0. The fourth-order valence-electron chi connectivity index (χ4n) is 1.98. The van der Waals surface area contributed by atoms with E-state index in [4.69, 9.17) is 11.5 Å². The maximum absolute atomic E-state index is 12.0. The number of imide groups is 1. The smallest absolute Gasteiger partial charge is 0.263 e. The van der Waals surface area contributed by atoms with Crippen LogP contribution in [0.1, 0.15) is 33.6 Å². The Morgan fingerprint density at radius 1 is 1.12 bits per heavy atom. The summed E-state index contributed by atoms with van der Waals surface area (Å²) in [5.41, 5.74) is 12.2. The first-order valence-electron chi connectivity index (χ1n) is 5.61. The number of fused-ring (bicyclic) bond motifs is 1. The molecule has 0 bridgehead atoms. The molecule has 0 radical (unpaired) electrons. The Morgan fingerprint density at radius 3 is 2.53 bits per heavy atom. The number of benzene rings is 1. The van der Waals surface area contributed by atoms with Crippen molar-refractivity contribution in [3.05, 3.63) is 29.3 Å². The Bertz CT molecular complexity index is 471. The molecule has 0 spiro atoms. The lowest BCUT2D eigenvalue weighted by Crippen LogP contribution is -2.31. The Hall–Kier alpha value is -1.88. The van der Waals surface area contributed by atoms with Crippen LogP contribution in [0.25, 0.3) is 0 Å². The van der Waals surface area contributed by atoms with Gasteiger partial charge in [0, 0.05) is 12.2 Å². The van der Waals surface area contributed by atoms with Gasteiger partial charge in [0.15, 0.2) is 0 Å². The minimum Gasteiger partial charge on any atom is -0.398 e. The molecule has 0 saturated heterocycles. The van der Waals surface area contributed by atoms with Crippen molar-refractivity contribution in [3.8, 4) is 0 Å². The van der Waals surface area contributed by atoms with Crippen LogP contribution in [0, 0.1) is 0 Å². The van der Waals surface area contributed by atoms with Crippen LogP contribution in [-0.4, -0.2) is 29.8 Å². The number of hydrogen-bond acceptors (Lipinski definition) is 4. The zero-order chi connectivity index (χ0) is 12.4. The zero-order valence-corrected chi connectivity index (χ0v) is 9.48. The Balaban J connectivity index is 2.24. The van der Waals surface area contributed by atoms with Gasteiger partial charge in [-0.15, -0.1) is 0 Å². The van der Waals surface area contributed by atoms with Crippen molar-refractivity contribution in [2.45, 2.75) is 12.8 Å².